The Morgan fingerprint density at radius 3 is 1.82 bits per heavy atom. The van der Waals surface area contributed by atoms with Gasteiger partial charge in [-0.15, -0.1) is 0 Å². The van der Waals surface area contributed by atoms with E-state index in [-0.39, 0.29) is 0 Å². The monoisotopic (exact) mass is 148 g/mol. The molecule has 0 radical (unpaired) electrons. The average molecular weight is 148 g/mol. The minimum absolute atomic E-state index is 0.582. The highest BCUT2D eigenvalue weighted by atomic mass is 14.3. The van der Waals surface area contributed by atoms with Crippen LogP contribution in [-0.4, -0.2) is 0 Å². The van der Waals surface area contributed by atoms with E-state index in [4.69, 9.17) is 10.5 Å². The fourth-order valence-corrected chi connectivity index (χ4v) is 1.81. The summed E-state index contributed by atoms with van der Waals surface area (Å²) in [5.74, 6) is 1.16. The van der Waals surface area contributed by atoms with E-state index in [1.165, 1.54) is 0 Å². The zero-order chi connectivity index (χ0) is 8.10. The van der Waals surface area contributed by atoms with Crippen LogP contribution in [0, 0.1) is 34.5 Å². The molecule has 1 aliphatic carbocycles. The number of nitrogens with zero attached hydrogens (tertiary/aromatic N) is 2. The molecule has 0 spiro atoms. The molecule has 2 atom stereocenters. The Hall–Kier alpha value is -1.02. The molecule has 0 N–H and O–H groups in total. The first-order chi connectivity index (χ1) is 5.36. The van der Waals surface area contributed by atoms with E-state index >= 15 is 0 Å². The van der Waals surface area contributed by atoms with Gasteiger partial charge in [0.25, 0.3) is 0 Å². The van der Waals surface area contributed by atoms with Crippen LogP contribution < -0.4 is 0 Å². The van der Waals surface area contributed by atoms with Crippen LogP contribution in [0.4, 0.5) is 0 Å². The molecular weight excluding hydrogens is 136 g/mol. The molecule has 1 fully saturated rings. The molecule has 0 aromatic rings. The molecule has 2 heteroatoms. The molecule has 1 aliphatic rings. The van der Waals surface area contributed by atoms with Crippen LogP contribution in [0.25, 0.3) is 0 Å². The lowest BCUT2D eigenvalue weighted by Crippen LogP contribution is -1.94. The summed E-state index contributed by atoms with van der Waals surface area (Å²) in [7, 11) is 0. The smallest absolute Gasteiger partial charge is 0.0624 e. The quantitative estimate of drug-likeness (QED) is 0.602. The van der Waals surface area contributed by atoms with Crippen LogP contribution in [0.2, 0.25) is 0 Å². The van der Waals surface area contributed by atoms with E-state index in [0.717, 1.165) is 19.3 Å². The van der Waals surface area contributed by atoms with Crippen molar-refractivity contribution in [2.24, 2.45) is 11.8 Å². The van der Waals surface area contributed by atoms with E-state index in [2.05, 4.69) is 12.1 Å². The molecule has 0 heterocycles. The highest BCUT2D eigenvalue weighted by molar-refractivity contribution is 4.86. The third kappa shape index (κ3) is 2.24. The summed E-state index contributed by atoms with van der Waals surface area (Å²) in [5, 5.41) is 16.9. The Morgan fingerprint density at radius 2 is 1.45 bits per heavy atom. The minimum Gasteiger partial charge on any atom is -0.198 e. The van der Waals surface area contributed by atoms with Gasteiger partial charge in [-0.3, -0.25) is 0 Å². The molecule has 2 nitrogen and oxygen atoms in total. The van der Waals surface area contributed by atoms with Crippen molar-refractivity contribution in [1.29, 1.82) is 10.5 Å². The maximum atomic E-state index is 8.43. The largest absolute Gasteiger partial charge is 0.198 e. The number of rotatable bonds is 2. The summed E-state index contributed by atoms with van der Waals surface area (Å²) in [5.41, 5.74) is 0. The second-order valence-electron chi connectivity index (χ2n) is 3.27. The highest BCUT2D eigenvalue weighted by Gasteiger charge is 2.23. The fraction of sp³-hybridized carbons (Fsp3) is 0.778. The summed E-state index contributed by atoms with van der Waals surface area (Å²) >= 11 is 0. The van der Waals surface area contributed by atoms with Crippen molar-refractivity contribution >= 4 is 0 Å². The molecule has 0 aromatic carbocycles. The third-order valence-corrected chi connectivity index (χ3v) is 2.41. The van der Waals surface area contributed by atoms with Crippen LogP contribution in [0.5, 0.6) is 0 Å². The lowest BCUT2D eigenvalue weighted by molar-refractivity contribution is 0.505. The van der Waals surface area contributed by atoms with Gasteiger partial charge in [-0.25, -0.2) is 0 Å². The van der Waals surface area contributed by atoms with Crippen molar-refractivity contribution in [3.8, 4) is 12.1 Å². The van der Waals surface area contributed by atoms with E-state index in [9.17, 15) is 0 Å². The first-order valence-electron chi connectivity index (χ1n) is 4.10. The lowest BCUT2D eigenvalue weighted by Gasteiger charge is -2.02. The van der Waals surface area contributed by atoms with Gasteiger partial charge in [0, 0.05) is 12.8 Å². The minimum atomic E-state index is 0.582. The van der Waals surface area contributed by atoms with Crippen molar-refractivity contribution < 1.29 is 0 Å². The van der Waals surface area contributed by atoms with Gasteiger partial charge in [-0.05, 0) is 31.1 Å². The summed E-state index contributed by atoms with van der Waals surface area (Å²) in [6.45, 7) is 0. The summed E-state index contributed by atoms with van der Waals surface area (Å²) in [4.78, 5) is 0. The fourth-order valence-electron chi connectivity index (χ4n) is 1.81. The number of nitriles is 2. The Balaban J connectivity index is 2.25. The van der Waals surface area contributed by atoms with Gasteiger partial charge in [0.2, 0.25) is 0 Å². The standard InChI is InChI=1S/C9H12N2/c10-5-3-8-1-2-9(7-8)4-6-11/h8-9H,1-4,7H2. The predicted molar refractivity (Wildman–Crippen MR) is 41.3 cm³/mol. The predicted octanol–water partition coefficient (Wildman–Crippen LogP) is 2.23. The maximum absolute atomic E-state index is 8.43. The Bertz CT molecular complexity index is 175. The molecule has 58 valence electrons. The summed E-state index contributed by atoms with van der Waals surface area (Å²) in [6.07, 6.45) is 4.77. The van der Waals surface area contributed by atoms with Crippen molar-refractivity contribution in [1.82, 2.24) is 0 Å². The first kappa shape index (κ1) is 8.08. The SMILES string of the molecule is N#CCC1CCC(CC#N)C1. The second-order valence-corrected chi connectivity index (χ2v) is 3.27. The Kier molecular flexibility index (Phi) is 2.93. The summed E-state index contributed by atoms with van der Waals surface area (Å²) < 4.78 is 0. The Morgan fingerprint density at radius 1 is 1.00 bits per heavy atom. The average Bonchev–Trinajstić information content (AvgIpc) is 2.38. The van der Waals surface area contributed by atoms with Gasteiger partial charge in [0.1, 0.15) is 0 Å². The molecule has 0 saturated heterocycles. The zero-order valence-electron chi connectivity index (χ0n) is 6.58. The molecule has 0 amide bonds. The molecule has 0 aromatic heterocycles. The van der Waals surface area contributed by atoms with E-state index < -0.39 is 0 Å². The maximum Gasteiger partial charge on any atom is 0.0624 e. The molecule has 0 aliphatic heterocycles. The molecular formula is C9H12N2. The van der Waals surface area contributed by atoms with Gasteiger partial charge in [0.15, 0.2) is 0 Å². The zero-order valence-corrected chi connectivity index (χ0v) is 6.58. The normalized spacial score (nSPS) is 29.3. The topological polar surface area (TPSA) is 47.6 Å². The van der Waals surface area contributed by atoms with Crippen LogP contribution in [-0.2, 0) is 0 Å². The third-order valence-electron chi connectivity index (χ3n) is 2.41. The van der Waals surface area contributed by atoms with Gasteiger partial charge in [-0.1, -0.05) is 0 Å². The number of hydrogen-bond donors (Lipinski definition) is 0. The molecule has 1 rings (SSSR count). The van der Waals surface area contributed by atoms with Crippen LogP contribution in [0.15, 0.2) is 0 Å². The van der Waals surface area contributed by atoms with Crippen molar-refractivity contribution in [3.63, 3.8) is 0 Å². The molecule has 0 bridgehead atoms. The molecule has 1 saturated carbocycles. The van der Waals surface area contributed by atoms with Gasteiger partial charge in [-0.2, -0.15) is 10.5 Å². The molecule has 2 unspecified atom stereocenters. The van der Waals surface area contributed by atoms with Crippen molar-refractivity contribution in [3.05, 3.63) is 0 Å². The van der Waals surface area contributed by atoms with Crippen LogP contribution in [0.1, 0.15) is 32.1 Å². The van der Waals surface area contributed by atoms with E-state index in [1.54, 1.807) is 0 Å². The lowest BCUT2D eigenvalue weighted by atomic mass is 10.0. The van der Waals surface area contributed by atoms with E-state index in [0.29, 0.717) is 24.7 Å². The van der Waals surface area contributed by atoms with E-state index in [1.807, 2.05) is 0 Å². The van der Waals surface area contributed by atoms with Crippen molar-refractivity contribution in [2.75, 3.05) is 0 Å². The van der Waals surface area contributed by atoms with Gasteiger partial charge < -0.3 is 0 Å². The van der Waals surface area contributed by atoms with Crippen molar-refractivity contribution in [2.45, 2.75) is 32.1 Å². The molecule has 11 heavy (non-hydrogen) atoms. The van der Waals surface area contributed by atoms with Gasteiger partial charge in [0.05, 0.1) is 12.1 Å². The second kappa shape index (κ2) is 3.98. The summed E-state index contributed by atoms with van der Waals surface area (Å²) in [6, 6.07) is 4.38. The van der Waals surface area contributed by atoms with Crippen LogP contribution in [0.3, 0.4) is 0 Å². The van der Waals surface area contributed by atoms with Crippen LogP contribution >= 0.6 is 0 Å². The first-order valence-corrected chi connectivity index (χ1v) is 4.10. The Labute approximate surface area is 67.4 Å². The van der Waals surface area contributed by atoms with Gasteiger partial charge >= 0.3 is 0 Å². The highest BCUT2D eigenvalue weighted by Crippen LogP contribution is 2.34. The number of hydrogen-bond acceptors (Lipinski definition) is 2.